The third-order valence-electron chi connectivity index (χ3n) is 2.07. The van der Waals surface area contributed by atoms with E-state index in [9.17, 15) is 14.9 Å². The van der Waals surface area contributed by atoms with Crippen LogP contribution in [0.15, 0.2) is 12.1 Å². The number of rotatable bonds is 5. The number of carboxylic acids is 1. The maximum absolute atomic E-state index is 10.9. The van der Waals surface area contributed by atoms with Crippen molar-refractivity contribution >= 4 is 11.7 Å². The lowest BCUT2D eigenvalue weighted by Gasteiger charge is -2.13. The summed E-state index contributed by atoms with van der Waals surface area (Å²) in [7, 11) is 1.33. The molecule has 0 spiro atoms. The molecule has 0 fully saturated rings. The molecule has 18 heavy (non-hydrogen) atoms. The molecule has 7 heteroatoms. The molecule has 0 unspecified atom stereocenters. The lowest BCUT2D eigenvalue weighted by atomic mass is 10.1. The molecule has 0 aliphatic rings. The van der Waals surface area contributed by atoms with Crippen LogP contribution in [0.3, 0.4) is 0 Å². The van der Waals surface area contributed by atoms with Gasteiger partial charge in [-0.2, -0.15) is 0 Å². The van der Waals surface area contributed by atoms with Crippen LogP contribution in [-0.2, 0) is 0 Å². The van der Waals surface area contributed by atoms with Gasteiger partial charge in [-0.15, -0.1) is 0 Å². The van der Waals surface area contributed by atoms with Crippen LogP contribution in [0.5, 0.6) is 11.5 Å². The molecule has 98 valence electrons. The van der Waals surface area contributed by atoms with E-state index in [0.29, 0.717) is 0 Å². The first-order chi connectivity index (χ1) is 8.36. The van der Waals surface area contributed by atoms with Crippen LogP contribution in [0, 0.1) is 10.1 Å². The summed E-state index contributed by atoms with van der Waals surface area (Å²) in [4.78, 5) is 21.0. The molecule has 0 aliphatic carbocycles. The minimum absolute atomic E-state index is 0.143. The molecular weight excluding hydrogens is 242 g/mol. The van der Waals surface area contributed by atoms with Crippen LogP contribution in [0.4, 0.5) is 5.69 Å². The van der Waals surface area contributed by atoms with Gasteiger partial charge in [0.2, 0.25) is 0 Å². The zero-order chi connectivity index (χ0) is 13.9. The molecule has 0 bridgehead atoms. The number of ether oxygens (including phenoxy) is 2. The summed E-state index contributed by atoms with van der Waals surface area (Å²) in [5, 5.41) is 19.7. The van der Waals surface area contributed by atoms with E-state index in [1.165, 1.54) is 7.11 Å². The van der Waals surface area contributed by atoms with Crippen molar-refractivity contribution in [2.75, 3.05) is 7.11 Å². The summed E-state index contributed by atoms with van der Waals surface area (Å²) in [6.45, 7) is 3.49. The number of aromatic carboxylic acids is 1. The molecule has 1 rings (SSSR count). The van der Waals surface area contributed by atoms with Crippen LogP contribution < -0.4 is 9.47 Å². The Morgan fingerprint density at radius 3 is 2.39 bits per heavy atom. The SMILES string of the molecule is COc1cc(C(=O)O)c([N+](=O)[O-])cc1OC(C)C. The number of methoxy groups -OCH3 is 1. The number of nitro groups is 1. The van der Waals surface area contributed by atoms with Crippen molar-refractivity contribution in [1.29, 1.82) is 0 Å². The predicted octanol–water partition coefficient (Wildman–Crippen LogP) is 2.09. The summed E-state index contributed by atoms with van der Waals surface area (Å²) in [5.41, 5.74) is -0.966. The van der Waals surface area contributed by atoms with E-state index < -0.39 is 22.1 Å². The van der Waals surface area contributed by atoms with Crippen molar-refractivity contribution in [1.82, 2.24) is 0 Å². The standard InChI is InChI=1S/C11H13NO6/c1-6(2)18-10-5-8(12(15)16)7(11(13)14)4-9(10)17-3/h4-6H,1-3H3,(H,13,14). The third kappa shape index (κ3) is 2.88. The number of nitrogens with zero attached hydrogens (tertiary/aromatic N) is 1. The Morgan fingerprint density at radius 1 is 1.39 bits per heavy atom. The van der Waals surface area contributed by atoms with E-state index >= 15 is 0 Å². The van der Waals surface area contributed by atoms with Gasteiger partial charge in [-0.3, -0.25) is 10.1 Å². The fourth-order valence-electron chi connectivity index (χ4n) is 1.38. The van der Waals surface area contributed by atoms with E-state index in [0.717, 1.165) is 12.1 Å². The Morgan fingerprint density at radius 2 is 2.00 bits per heavy atom. The van der Waals surface area contributed by atoms with Gasteiger partial charge in [0.15, 0.2) is 11.5 Å². The van der Waals surface area contributed by atoms with E-state index in [4.69, 9.17) is 14.6 Å². The quantitative estimate of drug-likeness (QED) is 0.638. The maximum Gasteiger partial charge on any atom is 0.342 e. The fourth-order valence-corrected chi connectivity index (χ4v) is 1.38. The predicted molar refractivity (Wildman–Crippen MR) is 62.4 cm³/mol. The van der Waals surface area contributed by atoms with Gasteiger partial charge < -0.3 is 14.6 Å². The van der Waals surface area contributed by atoms with Crippen LogP contribution in [0.25, 0.3) is 0 Å². The summed E-state index contributed by atoms with van der Waals surface area (Å²) < 4.78 is 10.3. The molecule has 0 amide bonds. The Hall–Kier alpha value is -2.31. The van der Waals surface area contributed by atoms with Gasteiger partial charge in [-0.05, 0) is 13.8 Å². The highest BCUT2D eigenvalue weighted by Crippen LogP contribution is 2.35. The molecule has 0 heterocycles. The molecule has 0 aromatic heterocycles. The van der Waals surface area contributed by atoms with Crippen LogP contribution >= 0.6 is 0 Å². The van der Waals surface area contributed by atoms with Crippen molar-refractivity contribution in [2.45, 2.75) is 20.0 Å². The summed E-state index contributed by atoms with van der Waals surface area (Å²) >= 11 is 0. The van der Waals surface area contributed by atoms with Crippen molar-refractivity contribution in [3.8, 4) is 11.5 Å². The molecule has 1 aromatic carbocycles. The van der Waals surface area contributed by atoms with E-state index in [2.05, 4.69) is 0 Å². The number of benzene rings is 1. The largest absolute Gasteiger partial charge is 0.493 e. The molecule has 0 aliphatic heterocycles. The Balaban J connectivity index is 3.41. The lowest BCUT2D eigenvalue weighted by molar-refractivity contribution is -0.385. The van der Waals surface area contributed by atoms with Crippen molar-refractivity contribution in [3.63, 3.8) is 0 Å². The van der Waals surface area contributed by atoms with Crippen molar-refractivity contribution in [2.24, 2.45) is 0 Å². The van der Waals surface area contributed by atoms with Gasteiger partial charge in [0, 0.05) is 6.07 Å². The Bertz CT molecular complexity index is 483. The lowest BCUT2D eigenvalue weighted by Crippen LogP contribution is -2.09. The monoisotopic (exact) mass is 255 g/mol. The Labute approximate surface area is 103 Å². The third-order valence-corrected chi connectivity index (χ3v) is 2.07. The van der Waals surface area contributed by atoms with Crippen molar-refractivity contribution in [3.05, 3.63) is 27.8 Å². The first-order valence-corrected chi connectivity index (χ1v) is 5.13. The van der Waals surface area contributed by atoms with Gasteiger partial charge in [0.05, 0.1) is 24.2 Å². The zero-order valence-electron chi connectivity index (χ0n) is 10.2. The average molecular weight is 255 g/mol. The topological polar surface area (TPSA) is 98.9 Å². The molecule has 0 radical (unpaired) electrons. The minimum Gasteiger partial charge on any atom is -0.493 e. The van der Waals surface area contributed by atoms with E-state index in [1.807, 2.05) is 0 Å². The number of hydrogen-bond acceptors (Lipinski definition) is 5. The number of carboxylic acid groups (broad SMARTS) is 1. The summed E-state index contributed by atoms with van der Waals surface area (Å²) in [5.74, 6) is -1.10. The molecule has 1 N–H and O–H groups in total. The molecular formula is C11H13NO6. The highest BCUT2D eigenvalue weighted by molar-refractivity contribution is 5.93. The summed E-state index contributed by atoms with van der Waals surface area (Å²) in [6.07, 6.45) is -0.214. The van der Waals surface area contributed by atoms with E-state index in [1.54, 1.807) is 13.8 Å². The van der Waals surface area contributed by atoms with E-state index in [-0.39, 0.29) is 17.6 Å². The molecule has 7 nitrogen and oxygen atoms in total. The average Bonchev–Trinajstić information content (AvgIpc) is 2.27. The van der Waals surface area contributed by atoms with Crippen LogP contribution in [0.2, 0.25) is 0 Å². The van der Waals surface area contributed by atoms with Crippen molar-refractivity contribution < 1.29 is 24.3 Å². The van der Waals surface area contributed by atoms with Gasteiger partial charge in [0.1, 0.15) is 5.56 Å². The molecule has 0 saturated carbocycles. The fraction of sp³-hybridized carbons (Fsp3) is 0.364. The second kappa shape index (κ2) is 5.35. The van der Waals surface area contributed by atoms with Gasteiger partial charge >= 0.3 is 5.97 Å². The van der Waals surface area contributed by atoms with Crippen LogP contribution in [-0.4, -0.2) is 29.2 Å². The molecule has 0 saturated heterocycles. The highest BCUT2D eigenvalue weighted by Gasteiger charge is 2.24. The first kappa shape index (κ1) is 13.8. The minimum atomic E-state index is -1.39. The van der Waals surface area contributed by atoms with Gasteiger partial charge in [-0.1, -0.05) is 0 Å². The number of carbonyl (C=O) groups is 1. The zero-order valence-corrected chi connectivity index (χ0v) is 10.2. The van der Waals surface area contributed by atoms with Gasteiger partial charge in [-0.25, -0.2) is 4.79 Å². The first-order valence-electron chi connectivity index (χ1n) is 5.13. The highest BCUT2D eigenvalue weighted by atomic mass is 16.6. The molecule has 0 atom stereocenters. The maximum atomic E-state index is 10.9. The summed E-state index contributed by atoms with van der Waals surface area (Å²) in [6, 6.07) is 2.14. The van der Waals surface area contributed by atoms with Gasteiger partial charge in [0.25, 0.3) is 5.69 Å². The second-order valence-corrected chi connectivity index (χ2v) is 3.75. The second-order valence-electron chi connectivity index (χ2n) is 3.75. The number of nitro benzene ring substituents is 1. The molecule has 1 aromatic rings. The Kier molecular flexibility index (Phi) is 4.09. The smallest absolute Gasteiger partial charge is 0.342 e. The van der Waals surface area contributed by atoms with Crippen LogP contribution in [0.1, 0.15) is 24.2 Å². The number of hydrogen-bond donors (Lipinski definition) is 1. The normalized spacial score (nSPS) is 10.2.